The van der Waals surface area contributed by atoms with E-state index in [0.717, 1.165) is 45.4 Å². The molecule has 90 valence electrons. The van der Waals surface area contributed by atoms with Crippen LogP contribution in [0.2, 0.25) is 0 Å². The van der Waals surface area contributed by atoms with Crippen LogP contribution in [-0.4, -0.2) is 41.8 Å². The number of piperidine rings is 1. The first kappa shape index (κ1) is 12.9. The summed E-state index contributed by atoms with van der Waals surface area (Å²) >= 11 is 0. The Kier molecular flexibility index (Phi) is 4.15. The monoisotopic (exact) mass is 214 g/mol. The second-order valence-electron chi connectivity index (χ2n) is 5.99. The van der Waals surface area contributed by atoms with Gasteiger partial charge in [-0.25, -0.2) is 0 Å². The highest BCUT2D eigenvalue weighted by molar-refractivity contribution is 4.83. The highest BCUT2D eigenvalue weighted by Gasteiger charge is 2.28. The van der Waals surface area contributed by atoms with Gasteiger partial charge in [-0.2, -0.15) is 0 Å². The van der Waals surface area contributed by atoms with Crippen LogP contribution in [0, 0.1) is 5.41 Å². The van der Waals surface area contributed by atoms with Crippen molar-refractivity contribution in [1.82, 2.24) is 4.90 Å². The molecular weight excluding hydrogens is 188 g/mol. The summed E-state index contributed by atoms with van der Waals surface area (Å²) in [7, 11) is 0. The lowest BCUT2D eigenvalue weighted by Gasteiger charge is -2.38. The molecule has 1 aliphatic rings. The van der Waals surface area contributed by atoms with E-state index in [4.69, 9.17) is 5.73 Å². The summed E-state index contributed by atoms with van der Waals surface area (Å²) in [5.74, 6) is 0. The topological polar surface area (TPSA) is 49.5 Å². The van der Waals surface area contributed by atoms with Crippen LogP contribution in [0.25, 0.3) is 0 Å². The third-order valence-electron chi connectivity index (χ3n) is 3.41. The first-order valence-corrected chi connectivity index (χ1v) is 5.99. The quantitative estimate of drug-likeness (QED) is 0.739. The van der Waals surface area contributed by atoms with Crippen LogP contribution < -0.4 is 5.73 Å². The molecule has 1 aliphatic heterocycles. The van der Waals surface area contributed by atoms with Crippen molar-refractivity contribution in [1.29, 1.82) is 0 Å². The molecule has 3 N–H and O–H groups in total. The minimum absolute atomic E-state index is 0.226. The molecule has 0 radical (unpaired) electrons. The van der Waals surface area contributed by atoms with E-state index in [9.17, 15) is 5.11 Å². The van der Waals surface area contributed by atoms with Gasteiger partial charge in [-0.3, -0.25) is 0 Å². The Labute approximate surface area is 93.6 Å². The lowest BCUT2D eigenvalue weighted by atomic mass is 9.88. The highest BCUT2D eigenvalue weighted by atomic mass is 16.3. The first-order valence-electron chi connectivity index (χ1n) is 5.99. The molecule has 1 rings (SSSR count). The summed E-state index contributed by atoms with van der Waals surface area (Å²) in [6, 6.07) is 0. The number of hydrogen-bond donors (Lipinski definition) is 2. The first-order chi connectivity index (χ1) is 6.85. The van der Waals surface area contributed by atoms with Crippen LogP contribution in [-0.2, 0) is 0 Å². The van der Waals surface area contributed by atoms with Crippen molar-refractivity contribution in [3.05, 3.63) is 0 Å². The van der Waals surface area contributed by atoms with Crippen molar-refractivity contribution in [2.24, 2.45) is 11.1 Å². The van der Waals surface area contributed by atoms with E-state index in [1.54, 1.807) is 0 Å². The van der Waals surface area contributed by atoms with Crippen molar-refractivity contribution in [2.75, 3.05) is 26.2 Å². The van der Waals surface area contributed by atoms with Gasteiger partial charge in [0.2, 0.25) is 0 Å². The molecule has 0 aromatic heterocycles. The van der Waals surface area contributed by atoms with Crippen LogP contribution in [0.5, 0.6) is 0 Å². The van der Waals surface area contributed by atoms with Gasteiger partial charge in [0.25, 0.3) is 0 Å². The SMILES string of the molecule is CC(C)(CN)CCN1CCCC(C)(O)C1. The maximum atomic E-state index is 9.97. The van der Waals surface area contributed by atoms with Crippen LogP contribution in [0.1, 0.15) is 40.0 Å². The van der Waals surface area contributed by atoms with Crippen LogP contribution >= 0.6 is 0 Å². The summed E-state index contributed by atoms with van der Waals surface area (Å²) < 4.78 is 0. The number of nitrogens with zero attached hydrogens (tertiary/aromatic N) is 1. The number of aliphatic hydroxyl groups is 1. The van der Waals surface area contributed by atoms with E-state index >= 15 is 0 Å². The predicted molar refractivity (Wildman–Crippen MR) is 63.8 cm³/mol. The molecule has 0 aromatic rings. The number of hydrogen-bond acceptors (Lipinski definition) is 3. The van der Waals surface area contributed by atoms with E-state index in [1.165, 1.54) is 0 Å². The third-order valence-corrected chi connectivity index (χ3v) is 3.41. The van der Waals surface area contributed by atoms with Crippen molar-refractivity contribution in [3.8, 4) is 0 Å². The zero-order chi connectivity index (χ0) is 11.5. The average molecular weight is 214 g/mol. The Morgan fingerprint density at radius 3 is 2.67 bits per heavy atom. The number of rotatable bonds is 4. The van der Waals surface area contributed by atoms with Crippen LogP contribution in [0.4, 0.5) is 0 Å². The van der Waals surface area contributed by atoms with Crippen molar-refractivity contribution in [2.45, 2.75) is 45.6 Å². The molecule has 0 bridgehead atoms. The van der Waals surface area contributed by atoms with Gasteiger partial charge < -0.3 is 15.7 Å². The molecule has 0 saturated carbocycles. The van der Waals surface area contributed by atoms with Gasteiger partial charge in [0, 0.05) is 6.54 Å². The van der Waals surface area contributed by atoms with Crippen LogP contribution in [0.15, 0.2) is 0 Å². The second-order valence-corrected chi connectivity index (χ2v) is 5.99. The Morgan fingerprint density at radius 1 is 1.47 bits per heavy atom. The van der Waals surface area contributed by atoms with Gasteiger partial charge in [-0.1, -0.05) is 13.8 Å². The van der Waals surface area contributed by atoms with E-state index in [-0.39, 0.29) is 5.41 Å². The standard InChI is InChI=1S/C12H26N2O/c1-11(2,9-13)6-8-14-7-4-5-12(3,15)10-14/h15H,4-10,13H2,1-3H3. The zero-order valence-corrected chi connectivity index (χ0v) is 10.4. The van der Waals surface area contributed by atoms with Gasteiger partial charge in [0.1, 0.15) is 0 Å². The summed E-state index contributed by atoms with van der Waals surface area (Å²) in [6.07, 6.45) is 3.15. The summed E-state index contributed by atoms with van der Waals surface area (Å²) in [5, 5.41) is 9.97. The fraction of sp³-hybridized carbons (Fsp3) is 1.00. The van der Waals surface area contributed by atoms with E-state index in [1.807, 2.05) is 6.92 Å². The summed E-state index contributed by atoms with van der Waals surface area (Å²) in [6.45, 7) is 10.1. The Bertz CT molecular complexity index is 202. The smallest absolute Gasteiger partial charge is 0.0746 e. The molecule has 1 heterocycles. The summed E-state index contributed by atoms with van der Waals surface area (Å²) in [5.41, 5.74) is 5.45. The Hall–Kier alpha value is -0.120. The van der Waals surface area contributed by atoms with Crippen molar-refractivity contribution >= 4 is 0 Å². The molecule has 1 saturated heterocycles. The fourth-order valence-corrected chi connectivity index (χ4v) is 2.08. The number of nitrogens with two attached hydrogens (primary N) is 1. The van der Waals surface area contributed by atoms with Gasteiger partial charge in [-0.05, 0) is 51.2 Å². The molecule has 0 spiro atoms. The second kappa shape index (κ2) is 4.81. The molecule has 1 fully saturated rings. The van der Waals surface area contributed by atoms with E-state index in [0.29, 0.717) is 0 Å². The van der Waals surface area contributed by atoms with Gasteiger partial charge >= 0.3 is 0 Å². The van der Waals surface area contributed by atoms with E-state index < -0.39 is 5.60 Å². The van der Waals surface area contributed by atoms with E-state index in [2.05, 4.69) is 18.7 Å². The molecule has 1 unspecified atom stereocenters. The molecule has 0 aliphatic carbocycles. The Balaban J connectivity index is 2.33. The lowest BCUT2D eigenvalue weighted by molar-refractivity contribution is -0.0181. The van der Waals surface area contributed by atoms with Crippen molar-refractivity contribution < 1.29 is 5.11 Å². The number of likely N-dealkylation sites (tertiary alicyclic amines) is 1. The van der Waals surface area contributed by atoms with Gasteiger partial charge in [0.15, 0.2) is 0 Å². The molecule has 1 atom stereocenters. The summed E-state index contributed by atoms with van der Waals surface area (Å²) in [4.78, 5) is 2.36. The molecule has 15 heavy (non-hydrogen) atoms. The predicted octanol–water partition coefficient (Wildman–Crippen LogP) is 1.21. The minimum atomic E-state index is -0.481. The minimum Gasteiger partial charge on any atom is -0.389 e. The average Bonchev–Trinajstić information content (AvgIpc) is 2.14. The maximum absolute atomic E-state index is 9.97. The molecule has 0 amide bonds. The number of β-amino-alcohol motifs (C(OH)–C–C–N with tert-alkyl or cyclic N) is 1. The van der Waals surface area contributed by atoms with Gasteiger partial charge in [-0.15, -0.1) is 0 Å². The normalized spacial score (nSPS) is 29.4. The Morgan fingerprint density at radius 2 is 2.13 bits per heavy atom. The lowest BCUT2D eigenvalue weighted by Crippen LogP contribution is -2.47. The molecular formula is C12H26N2O. The zero-order valence-electron chi connectivity index (χ0n) is 10.4. The maximum Gasteiger partial charge on any atom is 0.0746 e. The molecule has 0 aromatic carbocycles. The molecule has 3 nitrogen and oxygen atoms in total. The third kappa shape index (κ3) is 4.49. The van der Waals surface area contributed by atoms with Crippen molar-refractivity contribution in [3.63, 3.8) is 0 Å². The van der Waals surface area contributed by atoms with Gasteiger partial charge in [0.05, 0.1) is 5.60 Å². The fourth-order valence-electron chi connectivity index (χ4n) is 2.08. The van der Waals surface area contributed by atoms with Crippen LogP contribution in [0.3, 0.4) is 0 Å². The highest BCUT2D eigenvalue weighted by Crippen LogP contribution is 2.23. The largest absolute Gasteiger partial charge is 0.389 e. The molecule has 3 heteroatoms.